The van der Waals surface area contributed by atoms with Gasteiger partial charge in [-0.2, -0.15) is 0 Å². The first-order valence-corrected chi connectivity index (χ1v) is 8.40. The van der Waals surface area contributed by atoms with Crippen LogP contribution in [0.3, 0.4) is 0 Å². The van der Waals surface area contributed by atoms with Crippen molar-refractivity contribution in [2.45, 2.75) is 6.04 Å². The van der Waals surface area contributed by atoms with E-state index in [0.29, 0.717) is 6.04 Å². The predicted octanol–water partition coefficient (Wildman–Crippen LogP) is 3.83. The topological polar surface area (TPSA) is 15.3 Å². The molecule has 4 rings (SSSR count). The Bertz CT molecular complexity index is 776. The fourth-order valence-electron chi connectivity index (χ4n) is 3.57. The number of nitrogens with one attached hydrogen (secondary N) is 1. The number of hydrogen-bond donors (Lipinski definition) is 1. The lowest BCUT2D eigenvalue weighted by Crippen LogP contribution is -2.45. The van der Waals surface area contributed by atoms with E-state index >= 15 is 0 Å². The number of rotatable bonds is 3. The Kier molecular flexibility index (Phi) is 4.10. The number of nitrogens with zero attached hydrogens (tertiary/aromatic N) is 1. The Balaban J connectivity index is 1.79. The van der Waals surface area contributed by atoms with Gasteiger partial charge < -0.3 is 5.32 Å². The molecular formula is C21H22N2. The molecule has 1 N–H and O–H groups in total. The van der Waals surface area contributed by atoms with Crippen LogP contribution in [0.25, 0.3) is 10.8 Å². The average molecular weight is 302 g/mol. The van der Waals surface area contributed by atoms with Gasteiger partial charge in [-0.25, -0.2) is 0 Å². The van der Waals surface area contributed by atoms with Crippen LogP contribution < -0.4 is 5.32 Å². The average Bonchev–Trinajstić information content (AvgIpc) is 2.64. The first-order valence-electron chi connectivity index (χ1n) is 8.40. The summed E-state index contributed by atoms with van der Waals surface area (Å²) in [6.07, 6.45) is 0. The summed E-state index contributed by atoms with van der Waals surface area (Å²) in [6, 6.07) is 26.7. The number of piperazine rings is 1. The molecule has 0 aliphatic carbocycles. The largest absolute Gasteiger partial charge is 0.314 e. The molecule has 2 heteroatoms. The monoisotopic (exact) mass is 302 g/mol. The molecule has 0 radical (unpaired) electrons. The van der Waals surface area contributed by atoms with Gasteiger partial charge in [0.25, 0.3) is 0 Å². The van der Waals surface area contributed by atoms with Crippen molar-refractivity contribution in [2.75, 3.05) is 26.2 Å². The molecule has 0 bridgehead atoms. The summed E-state index contributed by atoms with van der Waals surface area (Å²) < 4.78 is 0. The van der Waals surface area contributed by atoms with Gasteiger partial charge >= 0.3 is 0 Å². The van der Waals surface area contributed by atoms with Crippen LogP contribution in [0, 0.1) is 0 Å². The summed E-state index contributed by atoms with van der Waals surface area (Å²) in [5, 5.41) is 6.09. The lowest BCUT2D eigenvalue weighted by Gasteiger charge is -2.35. The van der Waals surface area contributed by atoms with Crippen LogP contribution in [-0.4, -0.2) is 31.1 Å². The highest BCUT2D eigenvalue weighted by Crippen LogP contribution is 2.30. The van der Waals surface area contributed by atoms with Crippen LogP contribution in [0.5, 0.6) is 0 Å². The van der Waals surface area contributed by atoms with Crippen molar-refractivity contribution < 1.29 is 0 Å². The van der Waals surface area contributed by atoms with E-state index in [9.17, 15) is 0 Å². The minimum absolute atomic E-state index is 0.336. The van der Waals surface area contributed by atoms with Crippen molar-refractivity contribution in [2.24, 2.45) is 0 Å². The molecule has 1 unspecified atom stereocenters. The zero-order valence-corrected chi connectivity index (χ0v) is 13.3. The molecule has 23 heavy (non-hydrogen) atoms. The van der Waals surface area contributed by atoms with Gasteiger partial charge in [-0.1, -0.05) is 66.7 Å². The smallest absolute Gasteiger partial charge is 0.0602 e. The standard InChI is InChI=1S/C21H22N2/c1-2-7-18(8-3-1)21(23-14-12-22-13-15-23)20-11-10-17-6-4-5-9-19(17)16-20/h1-11,16,21-22H,12-15H2. The molecule has 0 amide bonds. The Hall–Kier alpha value is -2.16. The van der Waals surface area contributed by atoms with E-state index in [1.165, 1.54) is 21.9 Å². The maximum absolute atomic E-state index is 3.46. The fourth-order valence-corrected chi connectivity index (χ4v) is 3.57. The number of benzene rings is 3. The van der Waals surface area contributed by atoms with Gasteiger partial charge in [0.05, 0.1) is 6.04 Å². The van der Waals surface area contributed by atoms with Crippen LogP contribution in [0.1, 0.15) is 17.2 Å². The predicted molar refractivity (Wildman–Crippen MR) is 96.7 cm³/mol. The number of fused-ring (bicyclic) bond motifs is 1. The Morgan fingerprint density at radius 2 is 1.39 bits per heavy atom. The Morgan fingerprint density at radius 3 is 2.17 bits per heavy atom. The lowest BCUT2D eigenvalue weighted by molar-refractivity contribution is 0.198. The Labute approximate surface area is 137 Å². The second-order valence-corrected chi connectivity index (χ2v) is 6.21. The van der Waals surface area contributed by atoms with Crippen LogP contribution in [0.4, 0.5) is 0 Å². The molecule has 3 aromatic carbocycles. The van der Waals surface area contributed by atoms with Gasteiger partial charge in [0.2, 0.25) is 0 Å². The molecule has 1 aliphatic rings. The summed E-state index contributed by atoms with van der Waals surface area (Å²) in [4.78, 5) is 2.59. The third kappa shape index (κ3) is 3.00. The van der Waals surface area contributed by atoms with Gasteiger partial charge in [0, 0.05) is 26.2 Å². The van der Waals surface area contributed by atoms with Gasteiger partial charge in [-0.15, -0.1) is 0 Å². The maximum Gasteiger partial charge on any atom is 0.0602 e. The summed E-state index contributed by atoms with van der Waals surface area (Å²) in [5.74, 6) is 0. The normalized spacial score (nSPS) is 17.2. The van der Waals surface area contributed by atoms with E-state index in [1.807, 2.05) is 0 Å². The Morgan fingerprint density at radius 1 is 0.696 bits per heavy atom. The molecule has 3 aromatic rings. The van der Waals surface area contributed by atoms with Crippen molar-refractivity contribution in [1.82, 2.24) is 10.2 Å². The second kappa shape index (κ2) is 6.53. The quantitative estimate of drug-likeness (QED) is 0.791. The van der Waals surface area contributed by atoms with Gasteiger partial charge in [-0.05, 0) is 28.0 Å². The highest BCUT2D eigenvalue weighted by atomic mass is 15.2. The zero-order valence-electron chi connectivity index (χ0n) is 13.3. The third-order valence-corrected chi connectivity index (χ3v) is 4.72. The molecule has 1 aliphatic heterocycles. The molecule has 116 valence electrons. The van der Waals surface area contributed by atoms with Crippen LogP contribution in [-0.2, 0) is 0 Å². The zero-order chi connectivity index (χ0) is 15.5. The van der Waals surface area contributed by atoms with Crippen molar-refractivity contribution in [3.8, 4) is 0 Å². The van der Waals surface area contributed by atoms with E-state index in [-0.39, 0.29) is 0 Å². The molecule has 0 aromatic heterocycles. The minimum Gasteiger partial charge on any atom is -0.314 e. The SMILES string of the molecule is c1ccc(C(c2ccc3ccccc3c2)N2CCNCC2)cc1. The van der Waals surface area contributed by atoms with E-state index in [2.05, 4.69) is 83.0 Å². The molecule has 2 nitrogen and oxygen atoms in total. The highest BCUT2D eigenvalue weighted by molar-refractivity contribution is 5.83. The van der Waals surface area contributed by atoms with E-state index in [1.54, 1.807) is 0 Å². The minimum atomic E-state index is 0.336. The van der Waals surface area contributed by atoms with Crippen molar-refractivity contribution in [1.29, 1.82) is 0 Å². The molecule has 1 atom stereocenters. The van der Waals surface area contributed by atoms with E-state index < -0.39 is 0 Å². The molecule has 1 heterocycles. The van der Waals surface area contributed by atoms with Crippen LogP contribution in [0.2, 0.25) is 0 Å². The molecule has 1 saturated heterocycles. The first kappa shape index (κ1) is 14.4. The van der Waals surface area contributed by atoms with Crippen LogP contribution >= 0.6 is 0 Å². The van der Waals surface area contributed by atoms with Crippen molar-refractivity contribution in [3.63, 3.8) is 0 Å². The van der Waals surface area contributed by atoms with Gasteiger partial charge in [0.15, 0.2) is 0 Å². The molecule has 1 fully saturated rings. The summed E-state index contributed by atoms with van der Waals surface area (Å²) in [7, 11) is 0. The lowest BCUT2D eigenvalue weighted by atomic mass is 9.94. The highest BCUT2D eigenvalue weighted by Gasteiger charge is 2.23. The first-order chi connectivity index (χ1) is 11.4. The maximum atomic E-state index is 3.46. The van der Waals surface area contributed by atoms with E-state index in [0.717, 1.165) is 26.2 Å². The van der Waals surface area contributed by atoms with Crippen molar-refractivity contribution >= 4 is 10.8 Å². The summed E-state index contributed by atoms with van der Waals surface area (Å²) in [5.41, 5.74) is 2.77. The summed E-state index contributed by atoms with van der Waals surface area (Å²) >= 11 is 0. The van der Waals surface area contributed by atoms with Gasteiger partial charge in [0.1, 0.15) is 0 Å². The molecule has 0 saturated carbocycles. The summed E-state index contributed by atoms with van der Waals surface area (Å²) in [6.45, 7) is 4.31. The van der Waals surface area contributed by atoms with Crippen molar-refractivity contribution in [3.05, 3.63) is 83.9 Å². The van der Waals surface area contributed by atoms with Crippen LogP contribution in [0.15, 0.2) is 72.8 Å². The fraction of sp³-hybridized carbons (Fsp3) is 0.238. The number of hydrogen-bond acceptors (Lipinski definition) is 2. The van der Waals surface area contributed by atoms with E-state index in [4.69, 9.17) is 0 Å². The van der Waals surface area contributed by atoms with Gasteiger partial charge in [-0.3, -0.25) is 4.90 Å². The third-order valence-electron chi connectivity index (χ3n) is 4.72. The molecule has 0 spiro atoms. The second-order valence-electron chi connectivity index (χ2n) is 6.21. The molecular weight excluding hydrogens is 280 g/mol.